The van der Waals surface area contributed by atoms with Crippen molar-refractivity contribution in [3.05, 3.63) is 35.1 Å². The summed E-state index contributed by atoms with van der Waals surface area (Å²) < 4.78 is 13.4. The van der Waals surface area contributed by atoms with Crippen LogP contribution < -0.4 is 5.32 Å². The zero-order valence-electron chi connectivity index (χ0n) is 9.30. The molecular formula is C12H16FNO. The molecule has 3 heteroatoms. The van der Waals surface area contributed by atoms with Crippen LogP contribution in [-0.2, 0) is 11.3 Å². The molecule has 0 fully saturated rings. The second kappa shape index (κ2) is 4.91. The van der Waals surface area contributed by atoms with Crippen LogP contribution in [0.2, 0.25) is 0 Å². The van der Waals surface area contributed by atoms with E-state index in [9.17, 15) is 9.18 Å². The lowest BCUT2D eigenvalue weighted by Crippen LogP contribution is -2.27. The quantitative estimate of drug-likeness (QED) is 0.813. The van der Waals surface area contributed by atoms with E-state index in [-0.39, 0.29) is 24.2 Å². The van der Waals surface area contributed by atoms with Crippen LogP contribution in [0.1, 0.15) is 25.0 Å². The summed E-state index contributed by atoms with van der Waals surface area (Å²) in [5.74, 6) is -0.396. The first kappa shape index (κ1) is 11.7. The van der Waals surface area contributed by atoms with E-state index in [0.29, 0.717) is 5.56 Å². The van der Waals surface area contributed by atoms with Crippen LogP contribution in [0.25, 0.3) is 0 Å². The molecule has 1 rings (SSSR count). The van der Waals surface area contributed by atoms with Crippen molar-refractivity contribution < 1.29 is 9.18 Å². The summed E-state index contributed by atoms with van der Waals surface area (Å²) >= 11 is 0. The average Bonchev–Trinajstić information content (AvgIpc) is 2.15. The van der Waals surface area contributed by atoms with E-state index in [1.54, 1.807) is 19.9 Å². The fourth-order valence-corrected chi connectivity index (χ4v) is 1.18. The Morgan fingerprint density at radius 2 is 2.13 bits per heavy atom. The predicted molar refractivity (Wildman–Crippen MR) is 57.8 cm³/mol. The van der Waals surface area contributed by atoms with Gasteiger partial charge in [0.1, 0.15) is 5.82 Å². The summed E-state index contributed by atoms with van der Waals surface area (Å²) in [6, 6.07) is 5.00. The monoisotopic (exact) mass is 209 g/mol. The molecule has 0 unspecified atom stereocenters. The normalized spacial score (nSPS) is 10.5. The van der Waals surface area contributed by atoms with Gasteiger partial charge in [-0.2, -0.15) is 0 Å². The van der Waals surface area contributed by atoms with Crippen LogP contribution >= 0.6 is 0 Å². The van der Waals surface area contributed by atoms with Crippen LogP contribution in [0.5, 0.6) is 0 Å². The first-order chi connectivity index (χ1) is 7.00. The number of amides is 1. The molecule has 1 amide bonds. The second-order valence-electron chi connectivity index (χ2n) is 3.97. The van der Waals surface area contributed by atoms with E-state index < -0.39 is 0 Å². The smallest absolute Gasteiger partial charge is 0.222 e. The van der Waals surface area contributed by atoms with Crippen molar-refractivity contribution in [1.82, 2.24) is 5.32 Å². The van der Waals surface area contributed by atoms with Crippen molar-refractivity contribution in [2.24, 2.45) is 5.92 Å². The molecule has 0 spiro atoms. The molecular weight excluding hydrogens is 193 g/mol. The molecule has 0 saturated heterocycles. The number of hydrogen-bond acceptors (Lipinski definition) is 1. The van der Waals surface area contributed by atoms with Crippen molar-refractivity contribution in [3.63, 3.8) is 0 Å². The molecule has 0 aliphatic heterocycles. The lowest BCUT2D eigenvalue weighted by molar-refractivity contribution is -0.124. The van der Waals surface area contributed by atoms with Gasteiger partial charge in [0, 0.05) is 18.0 Å². The van der Waals surface area contributed by atoms with Gasteiger partial charge >= 0.3 is 0 Å². The zero-order valence-corrected chi connectivity index (χ0v) is 9.30. The Balaban J connectivity index is 2.62. The van der Waals surface area contributed by atoms with Crippen LogP contribution in [-0.4, -0.2) is 5.91 Å². The summed E-state index contributed by atoms with van der Waals surface area (Å²) in [6.45, 7) is 5.70. The molecule has 0 heterocycles. The fourth-order valence-electron chi connectivity index (χ4n) is 1.18. The van der Waals surface area contributed by atoms with E-state index in [4.69, 9.17) is 0 Å². The van der Waals surface area contributed by atoms with E-state index >= 15 is 0 Å². The maximum atomic E-state index is 13.4. The molecule has 0 aromatic heterocycles. The molecule has 0 saturated carbocycles. The molecule has 0 bridgehead atoms. The number of nitrogens with one attached hydrogen (secondary N) is 1. The summed E-state index contributed by atoms with van der Waals surface area (Å²) in [7, 11) is 0. The Hall–Kier alpha value is -1.38. The van der Waals surface area contributed by atoms with Crippen molar-refractivity contribution >= 4 is 5.91 Å². The highest BCUT2D eigenvalue weighted by molar-refractivity contribution is 5.77. The summed E-state index contributed by atoms with van der Waals surface area (Å²) in [5.41, 5.74) is 1.40. The molecule has 1 aromatic carbocycles. The Bertz CT molecular complexity index is 361. The second-order valence-corrected chi connectivity index (χ2v) is 3.97. The number of carbonyl (C=O) groups is 1. The minimum atomic E-state index is -0.265. The van der Waals surface area contributed by atoms with E-state index in [0.717, 1.165) is 5.56 Å². The van der Waals surface area contributed by atoms with Crippen molar-refractivity contribution in [2.75, 3.05) is 0 Å². The number of benzene rings is 1. The molecule has 0 radical (unpaired) electrons. The van der Waals surface area contributed by atoms with Crippen molar-refractivity contribution in [2.45, 2.75) is 27.3 Å². The minimum Gasteiger partial charge on any atom is -0.352 e. The SMILES string of the molecule is Cc1ccc(CNC(=O)C(C)C)c(F)c1. The third kappa shape index (κ3) is 3.35. The topological polar surface area (TPSA) is 29.1 Å². The van der Waals surface area contributed by atoms with Gasteiger partial charge in [-0.3, -0.25) is 4.79 Å². The average molecular weight is 209 g/mol. The standard InChI is InChI=1S/C12H16FNO/c1-8(2)12(15)14-7-10-5-4-9(3)6-11(10)13/h4-6,8H,7H2,1-3H3,(H,14,15). The predicted octanol–water partition coefficient (Wildman–Crippen LogP) is 2.41. The van der Waals surface area contributed by atoms with E-state index in [2.05, 4.69) is 5.32 Å². The molecule has 0 aliphatic rings. The lowest BCUT2D eigenvalue weighted by atomic mass is 10.1. The van der Waals surface area contributed by atoms with Gasteiger partial charge in [0.2, 0.25) is 5.91 Å². The zero-order chi connectivity index (χ0) is 11.4. The summed E-state index contributed by atoms with van der Waals surface area (Å²) in [5, 5.41) is 2.68. The molecule has 0 atom stereocenters. The molecule has 2 nitrogen and oxygen atoms in total. The summed E-state index contributed by atoms with van der Waals surface area (Å²) in [4.78, 5) is 11.3. The van der Waals surface area contributed by atoms with Crippen LogP contribution in [0.3, 0.4) is 0 Å². The highest BCUT2D eigenvalue weighted by Crippen LogP contribution is 2.09. The first-order valence-corrected chi connectivity index (χ1v) is 5.03. The molecule has 0 aliphatic carbocycles. The third-order valence-electron chi connectivity index (χ3n) is 2.19. The molecule has 15 heavy (non-hydrogen) atoms. The number of halogens is 1. The van der Waals surface area contributed by atoms with Crippen LogP contribution in [0, 0.1) is 18.7 Å². The van der Waals surface area contributed by atoms with Crippen LogP contribution in [0.15, 0.2) is 18.2 Å². The number of rotatable bonds is 3. The largest absolute Gasteiger partial charge is 0.352 e. The summed E-state index contributed by atoms with van der Waals surface area (Å²) in [6.07, 6.45) is 0. The van der Waals surface area contributed by atoms with Gasteiger partial charge in [0.15, 0.2) is 0 Å². The minimum absolute atomic E-state index is 0.0602. The van der Waals surface area contributed by atoms with Gasteiger partial charge in [-0.1, -0.05) is 26.0 Å². The molecule has 1 N–H and O–H groups in total. The van der Waals surface area contributed by atoms with E-state index in [1.807, 2.05) is 13.0 Å². The van der Waals surface area contributed by atoms with Gasteiger partial charge in [0.05, 0.1) is 0 Å². The Morgan fingerprint density at radius 3 is 2.67 bits per heavy atom. The maximum Gasteiger partial charge on any atom is 0.222 e. The Morgan fingerprint density at radius 1 is 1.47 bits per heavy atom. The van der Waals surface area contributed by atoms with Gasteiger partial charge in [-0.05, 0) is 18.6 Å². The maximum absolute atomic E-state index is 13.4. The van der Waals surface area contributed by atoms with Gasteiger partial charge < -0.3 is 5.32 Å². The van der Waals surface area contributed by atoms with E-state index in [1.165, 1.54) is 6.07 Å². The van der Waals surface area contributed by atoms with Crippen molar-refractivity contribution in [1.29, 1.82) is 0 Å². The van der Waals surface area contributed by atoms with Crippen molar-refractivity contribution in [3.8, 4) is 0 Å². The van der Waals surface area contributed by atoms with Gasteiger partial charge in [-0.25, -0.2) is 4.39 Å². The van der Waals surface area contributed by atoms with Gasteiger partial charge in [0.25, 0.3) is 0 Å². The number of hydrogen-bond donors (Lipinski definition) is 1. The number of aryl methyl sites for hydroxylation is 1. The van der Waals surface area contributed by atoms with Crippen LogP contribution in [0.4, 0.5) is 4.39 Å². The fraction of sp³-hybridized carbons (Fsp3) is 0.417. The lowest BCUT2D eigenvalue weighted by Gasteiger charge is -2.08. The van der Waals surface area contributed by atoms with Gasteiger partial charge in [-0.15, -0.1) is 0 Å². The first-order valence-electron chi connectivity index (χ1n) is 5.03. The number of carbonyl (C=O) groups excluding carboxylic acids is 1. The molecule has 1 aromatic rings. The Labute approximate surface area is 89.5 Å². The Kier molecular flexibility index (Phi) is 3.83. The highest BCUT2D eigenvalue weighted by atomic mass is 19.1. The highest BCUT2D eigenvalue weighted by Gasteiger charge is 2.07. The third-order valence-corrected chi connectivity index (χ3v) is 2.19. The molecule has 82 valence electrons.